The van der Waals surface area contributed by atoms with Crippen LogP contribution in [0, 0.1) is 5.82 Å². The Bertz CT molecular complexity index is 560. The minimum Gasteiger partial charge on any atom is -0.396 e. The second-order valence-corrected chi connectivity index (χ2v) is 6.34. The molecule has 0 bridgehead atoms. The van der Waals surface area contributed by atoms with Crippen molar-refractivity contribution in [1.29, 1.82) is 0 Å². The van der Waals surface area contributed by atoms with Crippen molar-refractivity contribution < 1.29 is 19.0 Å². The number of halogens is 1. The third kappa shape index (κ3) is 5.07. The summed E-state index contributed by atoms with van der Waals surface area (Å²) < 4.78 is 20.1. The Kier molecular flexibility index (Phi) is 6.39. The molecule has 1 aromatic rings. The van der Waals surface area contributed by atoms with E-state index in [4.69, 9.17) is 9.84 Å². The second kappa shape index (κ2) is 8.30. The van der Waals surface area contributed by atoms with Gasteiger partial charge in [-0.25, -0.2) is 9.18 Å². The van der Waals surface area contributed by atoms with Crippen LogP contribution in [0.4, 0.5) is 20.6 Å². The number of hydrogen-bond acceptors (Lipinski definition) is 4. The Labute approximate surface area is 142 Å². The quantitative estimate of drug-likeness (QED) is 0.770. The molecule has 1 heterocycles. The van der Waals surface area contributed by atoms with Crippen molar-refractivity contribution in [1.82, 2.24) is 5.32 Å². The Morgan fingerprint density at radius 3 is 2.67 bits per heavy atom. The molecule has 1 aliphatic heterocycles. The number of anilines is 2. The number of carbonyl (C=O) groups is 1. The molecule has 1 aromatic carbocycles. The molecule has 1 fully saturated rings. The van der Waals surface area contributed by atoms with Crippen LogP contribution < -0.4 is 15.5 Å². The van der Waals surface area contributed by atoms with Gasteiger partial charge < -0.3 is 25.4 Å². The van der Waals surface area contributed by atoms with E-state index < -0.39 is 6.03 Å². The fourth-order valence-electron chi connectivity index (χ4n) is 2.87. The number of ether oxygens (including phenoxy) is 1. The molecule has 3 atom stereocenters. The van der Waals surface area contributed by atoms with E-state index in [1.54, 1.807) is 19.1 Å². The summed E-state index contributed by atoms with van der Waals surface area (Å²) in [6.45, 7) is 6.99. The maximum atomic E-state index is 14.4. The molecule has 1 saturated heterocycles. The van der Waals surface area contributed by atoms with Crippen LogP contribution in [0.5, 0.6) is 0 Å². The zero-order chi connectivity index (χ0) is 17.7. The van der Waals surface area contributed by atoms with Crippen molar-refractivity contribution in [2.75, 3.05) is 29.9 Å². The zero-order valence-corrected chi connectivity index (χ0v) is 14.4. The van der Waals surface area contributed by atoms with E-state index >= 15 is 0 Å². The van der Waals surface area contributed by atoms with Gasteiger partial charge in [0.2, 0.25) is 0 Å². The second-order valence-electron chi connectivity index (χ2n) is 6.34. The van der Waals surface area contributed by atoms with Gasteiger partial charge in [-0.3, -0.25) is 0 Å². The van der Waals surface area contributed by atoms with Crippen LogP contribution in [-0.4, -0.2) is 49.1 Å². The fourth-order valence-corrected chi connectivity index (χ4v) is 2.87. The van der Waals surface area contributed by atoms with Crippen molar-refractivity contribution >= 4 is 17.4 Å². The number of aliphatic hydroxyl groups is 1. The van der Waals surface area contributed by atoms with Crippen LogP contribution in [0.25, 0.3) is 0 Å². The highest BCUT2D eigenvalue weighted by molar-refractivity contribution is 5.89. The number of urea groups is 1. The van der Waals surface area contributed by atoms with Gasteiger partial charge in [0.15, 0.2) is 0 Å². The third-order valence-electron chi connectivity index (χ3n) is 3.91. The standard InChI is InChI=1S/C17H26FN3O3/c1-11(6-7-22)19-17(23)20-14-4-5-16(15(18)8-14)21-9-12(2)24-13(3)10-21/h4-5,8,11-13,22H,6-7,9-10H2,1-3H3,(H2,19,20,23)/t11-,12-,13+/m0/s1. The van der Waals surface area contributed by atoms with Gasteiger partial charge in [-0.2, -0.15) is 0 Å². The molecular formula is C17H26FN3O3. The third-order valence-corrected chi connectivity index (χ3v) is 3.91. The Balaban J connectivity index is 2.00. The lowest BCUT2D eigenvalue weighted by Crippen LogP contribution is -2.45. The van der Waals surface area contributed by atoms with E-state index in [9.17, 15) is 9.18 Å². The smallest absolute Gasteiger partial charge is 0.319 e. The molecule has 1 aliphatic rings. The molecule has 0 unspecified atom stereocenters. The molecule has 2 amide bonds. The molecule has 134 valence electrons. The van der Waals surface area contributed by atoms with Crippen molar-refractivity contribution in [3.63, 3.8) is 0 Å². The Morgan fingerprint density at radius 1 is 1.42 bits per heavy atom. The Morgan fingerprint density at radius 2 is 2.08 bits per heavy atom. The first kappa shape index (κ1) is 18.5. The summed E-state index contributed by atoms with van der Waals surface area (Å²) in [5.74, 6) is -0.377. The maximum Gasteiger partial charge on any atom is 0.319 e. The molecule has 0 aromatic heterocycles. The number of amides is 2. The van der Waals surface area contributed by atoms with E-state index in [1.165, 1.54) is 6.07 Å². The number of aliphatic hydroxyl groups excluding tert-OH is 1. The molecule has 0 spiro atoms. The minimum absolute atomic E-state index is 0.00116. The van der Waals surface area contributed by atoms with Gasteiger partial charge in [-0.05, 0) is 45.4 Å². The first-order valence-corrected chi connectivity index (χ1v) is 8.27. The molecule has 0 saturated carbocycles. The molecule has 0 aliphatic carbocycles. The van der Waals surface area contributed by atoms with Crippen LogP contribution >= 0.6 is 0 Å². The van der Waals surface area contributed by atoms with E-state index in [2.05, 4.69) is 10.6 Å². The summed E-state index contributed by atoms with van der Waals surface area (Å²) in [5.41, 5.74) is 0.899. The van der Waals surface area contributed by atoms with Crippen LogP contribution in [-0.2, 0) is 4.74 Å². The number of rotatable bonds is 5. The zero-order valence-electron chi connectivity index (χ0n) is 14.4. The van der Waals surface area contributed by atoms with Gasteiger partial charge in [-0.15, -0.1) is 0 Å². The number of benzene rings is 1. The minimum atomic E-state index is -0.420. The predicted molar refractivity (Wildman–Crippen MR) is 91.9 cm³/mol. The summed E-state index contributed by atoms with van der Waals surface area (Å²) in [4.78, 5) is 13.8. The average Bonchev–Trinajstić information content (AvgIpc) is 2.46. The highest BCUT2D eigenvalue weighted by Crippen LogP contribution is 2.26. The molecule has 6 nitrogen and oxygen atoms in total. The van der Waals surface area contributed by atoms with Gasteiger partial charge >= 0.3 is 6.03 Å². The largest absolute Gasteiger partial charge is 0.396 e. The lowest BCUT2D eigenvalue weighted by molar-refractivity contribution is -0.00539. The normalized spacial score (nSPS) is 22.1. The number of nitrogens with one attached hydrogen (secondary N) is 2. The topological polar surface area (TPSA) is 73.8 Å². The first-order valence-electron chi connectivity index (χ1n) is 8.27. The van der Waals surface area contributed by atoms with Crippen LogP contribution in [0.1, 0.15) is 27.2 Å². The van der Waals surface area contributed by atoms with E-state index in [0.717, 1.165) is 0 Å². The van der Waals surface area contributed by atoms with Crippen molar-refractivity contribution in [3.8, 4) is 0 Å². The molecule has 0 radical (unpaired) electrons. The van der Waals surface area contributed by atoms with Gasteiger partial charge in [0, 0.05) is 31.4 Å². The molecule has 24 heavy (non-hydrogen) atoms. The van der Waals surface area contributed by atoms with Crippen LogP contribution in [0.2, 0.25) is 0 Å². The van der Waals surface area contributed by atoms with Gasteiger partial charge in [-0.1, -0.05) is 0 Å². The van der Waals surface area contributed by atoms with Gasteiger partial charge in [0.05, 0.1) is 17.9 Å². The summed E-state index contributed by atoms with van der Waals surface area (Å²) in [5, 5.41) is 14.1. The average molecular weight is 339 g/mol. The summed E-state index contributed by atoms with van der Waals surface area (Å²) in [7, 11) is 0. The van der Waals surface area contributed by atoms with E-state index in [-0.39, 0.29) is 30.7 Å². The monoisotopic (exact) mass is 339 g/mol. The van der Waals surface area contributed by atoms with Crippen molar-refractivity contribution in [3.05, 3.63) is 24.0 Å². The first-order chi connectivity index (χ1) is 11.4. The predicted octanol–water partition coefficient (Wildman–Crippen LogP) is 2.33. The summed E-state index contributed by atoms with van der Waals surface area (Å²) in [6.07, 6.45) is 0.559. The van der Waals surface area contributed by atoms with Crippen LogP contribution in [0.3, 0.4) is 0 Å². The lowest BCUT2D eigenvalue weighted by Gasteiger charge is -2.37. The van der Waals surface area contributed by atoms with Crippen molar-refractivity contribution in [2.24, 2.45) is 0 Å². The summed E-state index contributed by atoms with van der Waals surface area (Å²) >= 11 is 0. The molecule has 3 N–H and O–H groups in total. The van der Waals surface area contributed by atoms with Gasteiger partial charge in [0.1, 0.15) is 5.82 Å². The molecule has 7 heteroatoms. The van der Waals surface area contributed by atoms with Crippen LogP contribution in [0.15, 0.2) is 18.2 Å². The molecular weight excluding hydrogens is 313 g/mol. The summed E-state index contributed by atoms with van der Waals surface area (Å²) in [6, 6.07) is 4.09. The number of morpholine rings is 1. The fraction of sp³-hybridized carbons (Fsp3) is 0.588. The SMILES string of the molecule is C[C@@H]1CN(c2ccc(NC(=O)N[C@@H](C)CCO)cc2F)C[C@H](C)O1. The molecule has 2 rings (SSSR count). The van der Waals surface area contributed by atoms with E-state index in [1.807, 2.05) is 18.7 Å². The van der Waals surface area contributed by atoms with E-state index in [0.29, 0.717) is 30.9 Å². The number of nitrogens with zero attached hydrogens (tertiary/aromatic N) is 1. The highest BCUT2D eigenvalue weighted by Gasteiger charge is 2.24. The van der Waals surface area contributed by atoms with Gasteiger partial charge in [0.25, 0.3) is 0 Å². The maximum absolute atomic E-state index is 14.4. The Hall–Kier alpha value is -1.86. The van der Waals surface area contributed by atoms with Crippen molar-refractivity contribution in [2.45, 2.75) is 45.4 Å². The number of hydrogen-bond donors (Lipinski definition) is 3. The number of carbonyl (C=O) groups excluding carboxylic acids is 1. The lowest BCUT2D eigenvalue weighted by atomic mass is 10.2. The highest BCUT2D eigenvalue weighted by atomic mass is 19.1.